The molecule has 1 aromatic rings. The largest absolute Gasteiger partial charge is 0.466 e. The van der Waals surface area contributed by atoms with Gasteiger partial charge < -0.3 is 18.8 Å². The molecule has 0 radical (unpaired) electrons. The molecule has 5 heteroatoms. The number of likely N-dealkylation sites (tertiary alicyclic amines) is 1. The number of furan rings is 1. The fraction of sp³-hybridized carbons (Fsp3) is 0.643. The van der Waals surface area contributed by atoms with Gasteiger partial charge >= 0.3 is 0 Å². The predicted molar refractivity (Wildman–Crippen MR) is 68.0 cm³/mol. The lowest BCUT2D eigenvalue weighted by Gasteiger charge is -2.38. The molecule has 1 amide bonds. The number of piperidine rings is 1. The van der Waals surface area contributed by atoms with E-state index in [1.807, 2.05) is 18.7 Å². The van der Waals surface area contributed by atoms with Crippen LogP contribution in [0.1, 0.15) is 34.7 Å². The number of amides is 1. The van der Waals surface area contributed by atoms with Gasteiger partial charge in [-0.1, -0.05) is 0 Å². The molecule has 3 rings (SSSR count). The van der Waals surface area contributed by atoms with Gasteiger partial charge in [0, 0.05) is 13.0 Å². The molecule has 0 aliphatic carbocycles. The lowest BCUT2D eigenvalue weighted by atomic mass is 10.0. The second-order valence-electron chi connectivity index (χ2n) is 5.26. The Bertz CT molecular complexity index is 488. The fourth-order valence-electron chi connectivity index (χ4n) is 2.91. The highest BCUT2D eigenvalue weighted by molar-refractivity contribution is 5.95. The molecule has 0 atom stereocenters. The molecule has 2 aliphatic rings. The summed E-state index contributed by atoms with van der Waals surface area (Å²) in [7, 11) is 0. The quantitative estimate of drug-likeness (QED) is 0.778. The Balaban J connectivity index is 1.78. The van der Waals surface area contributed by atoms with Crippen molar-refractivity contribution in [2.75, 3.05) is 26.3 Å². The van der Waals surface area contributed by atoms with Gasteiger partial charge in [-0.3, -0.25) is 4.79 Å². The van der Waals surface area contributed by atoms with Crippen molar-refractivity contribution in [1.29, 1.82) is 0 Å². The van der Waals surface area contributed by atoms with Gasteiger partial charge in [-0.2, -0.15) is 0 Å². The van der Waals surface area contributed by atoms with Crippen molar-refractivity contribution < 1.29 is 18.7 Å². The van der Waals surface area contributed by atoms with Crippen LogP contribution < -0.4 is 0 Å². The molecule has 0 N–H and O–H groups in total. The molecule has 19 heavy (non-hydrogen) atoms. The second kappa shape index (κ2) is 4.65. The van der Waals surface area contributed by atoms with E-state index in [-0.39, 0.29) is 5.91 Å². The first-order valence-electron chi connectivity index (χ1n) is 6.74. The van der Waals surface area contributed by atoms with Crippen molar-refractivity contribution >= 4 is 5.91 Å². The minimum atomic E-state index is -0.569. The van der Waals surface area contributed by atoms with Crippen LogP contribution in [-0.4, -0.2) is 42.9 Å². The molecule has 3 heterocycles. The lowest BCUT2D eigenvalue weighted by Crippen LogP contribution is -2.51. The lowest BCUT2D eigenvalue weighted by molar-refractivity contribution is -0.183. The van der Waals surface area contributed by atoms with E-state index in [1.54, 1.807) is 6.07 Å². The van der Waals surface area contributed by atoms with Crippen molar-refractivity contribution in [2.45, 2.75) is 32.5 Å². The number of aryl methyl sites for hydroxylation is 2. The summed E-state index contributed by atoms with van der Waals surface area (Å²) < 4.78 is 16.8. The Morgan fingerprint density at radius 1 is 1.32 bits per heavy atom. The fourth-order valence-corrected chi connectivity index (χ4v) is 2.91. The van der Waals surface area contributed by atoms with Crippen LogP contribution >= 0.6 is 0 Å². The summed E-state index contributed by atoms with van der Waals surface area (Å²) in [5.74, 6) is 0.879. The molecule has 0 aromatic carbocycles. The first-order chi connectivity index (χ1) is 9.10. The molecule has 1 aromatic heterocycles. The van der Waals surface area contributed by atoms with Crippen LogP contribution in [0.25, 0.3) is 0 Å². The maximum absolute atomic E-state index is 12.5. The third-order valence-corrected chi connectivity index (χ3v) is 3.79. The third-order valence-electron chi connectivity index (χ3n) is 3.79. The standard InChI is InChI=1S/C14H19NO4/c1-10-8-12(11(2)19-10)13(16)15-5-3-4-14(9-15)17-6-7-18-14/h8H,3-7,9H2,1-2H3. The number of hydrogen-bond donors (Lipinski definition) is 0. The summed E-state index contributed by atoms with van der Waals surface area (Å²) in [5.41, 5.74) is 0.646. The Hall–Kier alpha value is -1.33. The first kappa shape index (κ1) is 12.7. The molecule has 2 saturated heterocycles. The Morgan fingerprint density at radius 2 is 2.05 bits per heavy atom. The smallest absolute Gasteiger partial charge is 0.257 e. The van der Waals surface area contributed by atoms with Gasteiger partial charge in [-0.15, -0.1) is 0 Å². The van der Waals surface area contributed by atoms with Gasteiger partial charge in [-0.05, 0) is 26.3 Å². The van der Waals surface area contributed by atoms with E-state index < -0.39 is 5.79 Å². The number of ether oxygens (including phenoxy) is 2. The van der Waals surface area contributed by atoms with Gasteiger partial charge in [0.15, 0.2) is 5.79 Å². The second-order valence-corrected chi connectivity index (χ2v) is 5.26. The van der Waals surface area contributed by atoms with E-state index in [9.17, 15) is 4.79 Å². The molecule has 0 saturated carbocycles. The van der Waals surface area contributed by atoms with E-state index in [2.05, 4.69) is 0 Å². The molecule has 2 fully saturated rings. The topological polar surface area (TPSA) is 51.9 Å². The summed E-state index contributed by atoms with van der Waals surface area (Å²) in [4.78, 5) is 14.3. The summed E-state index contributed by atoms with van der Waals surface area (Å²) in [6, 6.07) is 1.80. The van der Waals surface area contributed by atoms with E-state index in [0.717, 1.165) is 25.1 Å². The van der Waals surface area contributed by atoms with Crippen molar-refractivity contribution in [3.63, 3.8) is 0 Å². The van der Waals surface area contributed by atoms with Crippen LogP contribution in [0, 0.1) is 13.8 Å². The Morgan fingerprint density at radius 3 is 2.68 bits per heavy atom. The number of hydrogen-bond acceptors (Lipinski definition) is 4. The van der Waals surface area contributed by atoms with Crippen LogP contribution in [0.5, 0.6) is 0 Å². The molecular weight excluding hydrogens is 246 g/mol. The minimum Gasteiger partial charge on any atom is -0.466 e. The molecule has 104 valence electrons. The van der Waals surface area contributed by atoms with Gasteiger partial charge in [-0.25, -0.2) is 0 Å². The molecule has 1 spiro atoms. The number of carbonyl (C=O) groups excluding carboxylic acids is 1. The third kappa shape index (κ3) is 2.28. The van der Waals surface area contributed by atoms with E-state index in [0.29, 0.717) is 31.1 Å². The molecular formula is C14H19NO4. The number of carbonyl (C=O) groups is 1. The van der Waals surface area contributed by atoms with Crippen LogP contribution in [0.4, 0.5) is 0 Å². The molecule has 5 nitrogen and oxygen atoms in total. The van der Waals surface area contributed by atoms with Crippen molar-refractivity contribution in [3.05, 3.63) is 23.2 Å². The van der Waals surface area contributed by atoms with Crippen LogP contribution in [-0.2, 0) is 9.47 Å². The summed E-state index contributed by atoms with van der Waals surface area (Å²) in [6.07, 6.45) is 1.77. The average Bonchev–Trinajstić information content (AvgIpc) is 2.96. The highest BCUT2D eigenvalue weighted by atomic mass is 16.7. The monoisotopic (exact) mass is 265 g/mol. The zero-order chi connectivity index (χ0) is 13.5. The van der Waals surface area contributed by atoms with Crippen molar-refractivity contribution in [1.82, 2.24) is 4.90 Å². The zero-order valence-corrected chi connectivity index (χ0v) is 11.4. The van der Waals surface area contributed by atoms with Crippen LogP contribution in [0.15, 0.2) is 10.5 Å². The number of nitrogens with zero attached hydrogens (tertiary/aromatic N) is 1. The van der Waals surface area contributed by atoms with Gasteiger partial charge in [0.05, 0.1) is 25.3 Å². The van der Waals surface area contributed by atoms with E-state index in [1.165, 1.54) is 0 Å². The van der Waals surface area contributed by atoms with Crippen LogP contribution in [0.2, 0.25) is 0 Å². The van der Waals surface area contributed by atoms with Gasteiger partial charge in [0.1, 0.15) is 11.5 Å². The Kier molecular flexibility index (Phi) is 3.11. The number of rotatable bonds is 1. The minimum absolute atomic E-state index is 0.00697. The normalized spacial score (nSPS) is 22.1. The van der Waals surface area contributed by atoms with E-state index >= 15 is 0 Å². The van der Waals surface area contributed by atoms with Gasteiger partial charge in [0.2, 0.25) is 0 Å². The highest BCUT2D eigenvalue weighted by Gasteiger charge is 2.42. The summed E-state index contributed by atoms with van der Waals surface area (Å²) in [6.45, 7) is 6.16. The van der Waals surface area contributed by atoms with Crippen molar-refractivity contribution in [2.24, 2.45) is 0 Å². The highest BCUT2D eigenvalue weighted by Crippen LogP contribution is 2.31. The summed E-state index contributed by atoms with van der Waals surface area (Å²) in [5, 5.41) is 0. The zero-order valence-electron chi connectivity index (χ0n) is 11.4. The maximum Gasteiger partial charge on any atom is 0.257 e. The first-order valence-corrected chi connectivity index (χ1v) is 6.74. The van der Waals surface area contributed by atoms with E-state index in [4.69, 9.17) is 13.9 Å². The molecule has 0 unspecified atom stereocenters. The maximum atomic E-state index is 12.5. The predicted octanol–water partition coefficient (Wildman–Crippen LogP) is 1.88. The molecule has 2 aliphatic heterocycles. The average molecular weight is 265 g/mol. The SMILES string of the molecule is Cc1cc(C(=O)N2CCCC3(C2)OCCO3)c(C)o1. The Labute approximate surface area is 112 Å². The molecule has 0 bridgehead atoms. The van der Waals surface area contributed by atoms with Crippen LogP contribution in [0.3, 0.4) is 0 Å². The van der Waals surface area contributed by atoms with Gasteiger partial charge in [0.25, 0.3) is 5.91 Å². The van der Waals surface area contributed by atoms with Crippen molar-refractivity contribution in [3.8, 4) is 0 Å². The summed E-state index contributed by atoms with van der Waals surface area (Å²) >= 11 is 0.